The molecule has 0 unspecified atom stereocenters. The van der Waals surface area contributed by atoms with Gasteiger partial charge in [0.1, 0.15) is 0 Å². The zero-order chi connectivity index (χ0) is 27.5. The Hall–Kier alpha value is -1.91. The standard InChI is InChI=1S/C15H19NO2S2.C14H19NOS2.CH4/c1-10-8-13(5-4-12-9-19-11(2)16-12)20-14(10)6-7-15(17)18-3;1-10-8-13(18-14(10)4-3-7-16)6-5-12-9-17-11(2)15-12;/h8-9H,4-7H2,1-3H3;8-9,16H,3-7H2,1-2H3;1H4. The van der Waals surface area contributed by atoms with Crippen molar-refractivity contribution in [2.24, 2.45) is 0 Å². The first-order chi connectivity index (χ1) is 18.3. The Morgan fingerprint density at radius 2 is 1.28 bits per heavy atom. The Bertz CT molecular complexity index is 1290. The Morgan fingerprint density at radius 3 is 1.69 bits per heavy atom. The van der Waals surface area contributed by atoms with E-state index >= 15 is 0 Å². The van der Waals surface area contributed by atoms with E-state index in [2.05, 4.69) is 58.4 Å². The van der Waals surface area contributed by atoms with E-state index in [4.69, 9.17) is 5.11 Å². The van der Waals surface area contributed by atoms with E-state index < -0.39 is 0 Å². The first kappa shape index (κ1) is 33.3. The van der Waals surface area contributed by atoms with Crippen molar-refractivity contribution in [1.29, 1.82) is 0 Å². The number of thiophene rings is 2. The Balaban J connectivity index is 0.000000268. The number of aliphatic hydroxyl groups is 1. The van der Waals surface area contributed by atoms with Gasteiger partial charge in [-0.3, -0.25) is 4.79 Å². The lowest BCUT2D eigenvalue weighted by Gasteiger charge is -1.98. The van der Waals surface area contributed by atoms with Crippen LogP contribution < -0.4 is 0 Å². The van der Waals surface area contributed by atoms with E-state index in [-0.39, 0.29) is 20.0 Å². The van der Waals surface area contributed by atoms with E-state index in [1.165, 1.54) is 49.1 Å². The summed E-state index contributed by atoms with van der Waals surface area (Å²) in [4.78, 5) is 25.7. The van der Waals surface area contributed by atoms with Crippen molar-refractivity contribution in [3.05, 3.63) is 74.9 Å². The van der Waals surface area contributed by atoms with Gasteiger partial charge in [0.25, 0.3) is 0 Å². The lowest BCUT2D eigenvalue weighted by atomic mass is 10.1. The van der Waals surface area contributed by atoms with Crippen molar-refractivity contribution in [2.45, 2.75) is 86.5 Å². The van der Waals surface area contributed by atoms with Crippen molar-refractivity contribution in [2.75, 3.05) is 13.7 Å². The van der Waals surface area contributed by atoms with Gasteiger partial charge in [0, 0.05) is 36.9 Å². The van der Waals surface area contributed by atoms with Crippen molar-refractivity contribution in [3.8, 4) is 0 Å². The van der Waals surface area contributed by atoms with Crippen molar-refractivity contribution >= 4 is 51.3 Å². The Kier molecular flexibility index (Phi) is 14.5. The molecule has 214 valence electrons. The number of aryl methyl sites for hydroxylation is 10. The number of carbonyl (C=O) groups excluding carboxylic acids is 1. The van der Waals surface area contributed by atoms with Crippen LogP contribution in [0.1, 0.15) is 72.3 Å². The number of esters is 1. The van der Waals surface area contributed by atoms with Gasteiger partial charge in [0.05, 0.1) is 34.9 Å². The van der Waals surface area contributed by atoms with Gasteiger partial charge in [-0.2, -0.15) is 0 Å². The molecule has 0 radical (unpaired) electrons. The molecular weight excluding hydrogens is 565 g/mol. The van der Waals surface area contributed by atoms with Gasteiger partial charge < -0.3 is 9.84 Å². The van der Waals surface area contributed by atoms with Gasteiger partial charge in [0.15, 0.2) is 0 Å². The molecule has 0 aliphatic heterocycles. The normalized spacial score (nSPS) is 10.6. The molecule has 39 heavy (non-hydrogen) atoms. The smallest absolute Gasteiger partial charge is 0.305 e. The average molecular weight is 607 g/mol. The molecule has 0 atom stereocenters. The Labute approximate surface area is 250 Å². The summed E-state index contributed by atoms with van der Waals surface area (Å²) in [5.41, 5.74) is 5.04. The average Bonchev–Trinajstić information content (AvgIpc) is 3.67. The second-order valence-corrected chi connectivity index (χ2v) is 13.8. The molecule has 5 nitrogen and oxygen atoms in total. The number of hydrogen-bond donors (Lipinski definition) is 1. The lowest BCUT2D eigenvalue weighted by molar-refractivity contribution is -0.140. The number of thiazole rings is 2. The lowest BCUT2D eigenvalue weighted by Crippen LogP contribution is -2.01. The van der Waals surface area contributed by atoms with E-state index in [1.807, 2.05) is 18.3 Å². The molecule has 0 spiro atoms. The number of methoxy groups -OCH3 is 1. The molecule has 0 aliphatic rings. The summed E-state index contributed by atoms with van der Waals surface area (Å²) in [6.07, 6.45) is 7.22. The first-order valence-corrected chi connectivity index (χ1v) is 16.3. The van der Waals surface area contributed by atoms with Crippen molar-refractivity contribution in [3.63, 3.8) is 0 Å². The summed E-state index contributed by atoms with van der Waals surface area (Å²) < 4.78 is 4.68. The van der Waals surface area contributed by atoms with Crippen LogP contribution in [0.5, 0.6) is 0 Å². The fraction of sp³-hybridized carbons (Fsp3) is 0.500. The van der Waals surface area contributed by atoms with Crippen LogP contribution in [-0.2, 0) is 48.1 Å². The highest BCUT2D eigenvalue weighted by Gasteiger charge is 2.10. The highest BCUT2D eigenvalue weighted by molar-refractivity contribution is 7.12. The first-order valence-electron chi connectivity index (χ1n) is 12.9. The van der Waals surface area contributed by atoms with Crippen LogP contribution in [0.4, 0.5) is 0 Å². The molecule has 0 aliphatic carbocycles. The Morgan fingerprint density at radius 1 is 0.795 bits per heavy atom. The van der Waals surface area contributed by atoms with E-state index in [9.17, 15) is 4.79 Å². The zero-order valence-electron chi connectivity index (χ0n) is 23.0. The van der Waals surface area contributed by atoms with E-state index in [0.717, 1.165) is 55.0 Å². The molecular formula is C30H42N2O3S4. The highest BCUT2D eigenvalue weighted by atomic mass is 32.1. The molecule has 0 saturated carbocycles. The van der Waals surface area contributed by atoms with Crippen molar-refractivity contribution < 1.29 is 14.6 Å². The minimum atomic E-state index is -0.141. The predicted molar refractivity (Wildman–Crippen MR) is 169 cm³/mol. The summed E-state index contributed by atoms with van der Waals surface area (Å²) >= 11 is 7.12. The topological polar surface area (TPSA) is 72.3 Å². The highest BCUT2D eigenvalue weighted by Crippen LogP contribution is 2.26. The largest absolute Gasteiger partial charge is 0.469 e. The van der Waals surface area contributed by atoms with Crippen LogP contribution in [-0.4, -0.2) is 34.8 Å². The van der Waals surface area contributed by atoms with Gasteiger partial charge in [-0.1, -0.05) is 7.43 Å². The number of rotatable bonds is 12. The van der Waals surface area contributed by atoms with Crippen molar-refractivity contribution in [1.82, 2.24) is 9.97 Å². The third kappa shape index (κ3) is 11.2. The van der Waals surface area contributed by atoms with Crippen LogP contribution in [0.2, 0.25) is 0 Å². The molecule has 4 aromatic heterocycles. The fourth-order valence-corrected chi connectivity index (χ4v) is 7.73. The SMILES string of the molecule is C.COC(=O)CCc1sc(CCc2csc(C)n2)cc1C.Cc1nc(CCc2cc(C)c(CCCO)s2)cs1. The molecule has 4 aromatic rings. The number of nitrogens with zero attached hydrogens (tertiary/aromatic N) is 2. The van der Waals surface area contributed by atoms with Crippen LogP contribution in [0, 0.1) is 27.7 Å². The summed E-state index contributed by atoms with van der Waals surface area (Å²) in [6.45, 7) is 8.65. The molecule has 0 fully saturated rings. The molecule has 9 heteroatoms. The van der Waals surface area contributed by atoms with Gasteiger partial charge >= 0.3 is 5.97 Å². The minimum Gasteiger partial charge on any atom is -0.469 e. The molecule has 0 bridgehead atoms. The van der Waals surface area contributed by atoms with Crippen LogP contribution in [0.3, 0.4) is 0 Å². The van der Waals surface area contributed by atoms with E-state index in [0.29, 0.717) is 6.42 Å². The van der Waals surface area contributed by atoms with Crippen LogP contribution in [0.15, 0.2) is 22.9 Å². The summed E-state index contributed by atoms with van der Waals surface area (Å²) in [6, 6.07) is 4.52. The van der Waals surface area contributed by atoms with Gasteiger partial charge in [0.2, 0.25) is 0 Å². The summed E-state index contributed by atoms with van der Waals surface area (Å²) in [5, 5.41) is 15.4. The van der Waals surface area contributed by atoms with Gasteiger partial charge in [-0.15, -0.1) is 45.3 Å². The molecule has 0 aromatic carbocycles. The van der Waals surface area contributed by atoms with Gasteiger partial charge in [-0.25, -0.2) is 9.97 Å². The zero-order valence-corrected chi connectivity index (χ0v) is 26.2. The fourth-order valence-electron chi connectivity index (χ4n) is 4.03. The molecule has 0 amide bonds. The minimum absolute atomic E-state index is 0. The second-order valence-electron chi connectivity index (χ2n) is 9.26. The van der Waals surface area contributed by atoms with Crippen LogP contribution >= 0.6 is 45.3 Å². The number of ether oxygens (including phenoxy) is 1. The number of hydrogen-bond acceptors (Lipinski definition) is 9. The quantitative estimate of drug-likeness (QED) is 0.166. The maximum Gasteiger partial charge on any atom is 0.305 e. The maximum absolute atomic E-state index is 11.2. The number of carbonyl (C=O) groups is 1. The molecule has 0 saturated heterocycles. The number of aliphatic hydroxyl groups excluding tert-OH is 1. The third-order valence-corrected chi connectivity index (χ3v) is 10.4. The summed E-state index contributed by atoms with van der Waals surface area (Å²) in [5.74, 6) is -0.141. The predicted octanol–water partition coefficient (Wildman–Crippen LogP) is 7.88. The third-order valence-electron chi connectivity index (χ3n) is 6.08. The second kappa shape index (κ2) is 17.0. The maximum atomic E-state index is 11.2. The van der Waals surface area contributed by atoms with Crippen LogP contribution in [0.25, 0.3) is 0 Å². The molecule has 4 heterocycles. The molecule has 1 N–H and O–H groups in total. The summed E-state index contributed by atoms with van der Waals surface area (Å²) in [7, 11) is 1.44. The molecule has 4 rings (SSSR count). The monoisotopic (exact) mass is 606 g/mol. The van der Waals surface area contributed by atoms with Gasteiger partial charge in [-0.05, 0) is 95.9 Å². The number of aromatic nitrogens is 2. The van der Waals surface area contributed by atoms with E-state index in [1.54, 1.807) is 34.0 Å².